The highest BCUT2D eigenvalue weighted by Crippen LogP contribution is 2.50. The number of aryl methyl sites for hydroxylation is 1. The summed E-state index contributed by atoms with van der Waals surface area (Å²) in [5.74, 6) is 0.656. The number of likely N-dealkylation sites (tertiary alicyclic amines) is 1. The molecule has 4 aromatic rings. The fourth-order valence-electron chi connectivity index (χ4n) is 5.00. The number of pyridine rings is 1. The Kier molecular flexibility index (Phi) is 5.15. The zero-order valence-electron chi connectivity index (χ0n) is 18.4. The molecule has 3 atom stereocenters. The first-order valence-corrected chi connectivity index (χ1v) is 12.4. The monoisotopic (exact) mass is 491 g/mol. The van der Waals surface area contributed by atoms with Crippen LogP contribution < -0.4 is 5.32 Å². The highest BCUT2D eigenvalue weighted by Gasteiger charge is 2.54. The van der Waals surface area contributed by atoms with Crippen LogP contribution in [0.3, 0.4) is 0 Å². The van der Waals surface area contributed by atoms with Gasteiger partial charge in [0.1, 0.15) is 5.69 Å². The van der Waals surface area contributed by atoms with E-state index in [1.54, 1.807) is 10.7 Å². The summed E-state index contributed by atoms with van der Waals surface area (Å²) in [6.07, 6.45) is 4.49. The second-order valence-corrected chi connectivity index (χ2v) is 10.5. The molecular weight excluding hydrogens is 470 g/mol. The van der Waals surface area contributed by atoms with Gasteiger partial charge < -0.3 is 10.2 Å². The zero-order valence-corrected chi connectivity index (χ0v) is 20.0. The van der Waals surface area contributed by atoms with Gasteiger partial charge in [-0.2, -0.15) is 5.10 Å². The van der Waals surface area contributed by atoms with Gasteiger partial charge in [-0.3, -0.25) is 9.59 Å². The maximum absolute atomic E-state index is 13.7. The van der Waals surface area contributed by atoms with Crippen molar-refractivity contribution in [3.63, 3.8) is 0 Å². The molecule has 2 amide bonds. The molecule has 1 saturated carbocycles. The van der Waals surface area contributed by atoms with Crippen molar-refractivity contribution in [3.8, 4) is 10.4 Å². The third-order valence-electron chi connectivity index (χ3n) is 6.73. The standard InChI is InChI=1S/C25H22ClN5O2S/c1-14-29-22(23(34-14)15-5-4-6-17(26)9-15)25(33)30-13-16-10-18(16)21(30)12-27-24(32)19-11-28-31-8-3-2-7-20(19)31/h2-9,11,16,18,21H,10,12-13H2,1H3,(H,27,32)/t16-,18-,21+/m0/s1. The third kappa shape index (κ3) is 3.67. The normalized spacial score (nSPS) is 21.0. The molecule has 1 aliphatic carbocycles. The Labute approximate surface area is 205 Å². The fraction of sp³-hybridized carbons (Fsp3) is 0.280. The molecule has 2 aliphatic rings. The molecular formula is C25H22ClN5O2S. The summed E-state index contributed by atoms with van der Waals surface area (Å²) in [6, 6.07) is 13.1. The number of carbonyl (C=O) groups excluding carboxylic acids is 2. The van der Waals surface area contributed by atoms with Crippen LogP contribution in [0.1, 0.15) is 32.3 Å². The summed E-state index contributed by atoms with van der Waals surface area (Å²) in [7, 11) is 0. The summed E-state index contributed by atoms with van der Waals surface area (Å²) in [4.78, 5) is 33.9. The van der Waals surface area contributed by atoms with Gasteiger partial charge in [0.25, 0.3) is 11.8 Å². The number of nitrogens with zero attached hydrogens (tertiary/aromatic N) is 4. The van der Waals surface area contributed by atoms with Crippen molar-refractivity contribution < 1.29 is 9.59 Å². The number of fused-ring (bicyclic) bond motifs is 2. The minimum atomic E-state index is -0.179. The maximum Gasteiger partial charge on any atom is 0.274 e. The first-order chi connectivity index (χ1) is 16.5. The van der Waals surface area contributed by atoms with Gasteiger partial charge in [-0.05, 0) is 55.0 Å². The van der Waals surface area contributed by atoms with E-state index >= 15 is 0 Å². The van der Waals surface area contributed by atoms with E-state index in [0.717, 1.165) is 27.4 Å². The van der Waals surface area contributed by atoms with Crippen LogP contribution in [0.15, 0.2) is 54.9 Å². The first kappa shape index (κ1) is 21.3. The Morgan fingerprint density at radius 1 is 1.24 bits per heavy atom. The first-order valence-electron chi connectivity index (χ1n) is 11.2. The molecule has 1 aliphatic heterocycles. The molecule has 1 N–H and O–H groups in total. The van der Waals surface area contributed by atoms with Crippen molar-refractivity contribution in [3.05, 3.63) is 76.1 Å². The van der Waals surface area contributed by atoms with Crippen LogP contribution in [0.4, 0.5) is 0 Å². The van der Waals surface area contributed by atoms with Crippen LogP contribution in [0, 0.1) is 18.8 Å². The number of amides is 2. The van der Waals surface area contributed by atoms with Gasteiger partial charge in [-0.25, -0.2) is 9.50 Å². The molecule has 7 nitrogen and oxygen atoms in total. The van der Waals surface area contributed by atoms with E-state index in [4.69, 9.17) is 11.6 Å². The van der Waals surface area contributed by atoms with Crippen LogP contribution in [0.25, 0.3) is 16.0 Å². The summed E-state index contributed by atoms with van der Waals surface area (Å²) in [6.45, 7) is 3.02. The molecule has 172 valence electrons. The molecule has 3 aromatic heterocycles. The summed E-state index contributed by atoms with van der Waals surface area (Å²) in [5, 5.41) is 8.75. The Morgan fingerprint density at radius 2 is 2.12 bits per heavy atom. The number of hydrogen-bond donors (Lipinski definition) is 1. The molecule has 9 heteroatoms. The Morgan fingerprint density at radius 3 is 2.97 bits per heavy atom. The summed E-state index contributed by atoms with van der Waals surface area (Å²) < 4.78 is 1.68. The van der Waals surface area contributed by atoms with Gasteiger partial charge in [0, 0.05) is 24.3 Å². The van der Waals surface area contributed by atoms with Crippen molar-refractivity contribution in [1.82, 2.24) is 24.8 Å². The molecule has 1 saturated heterocycles. The van der Waals surface area contributed by atoms with Crippen LogP contribution >= 0.6 is 22.9 Å². The van der Waals surface area contributed by atoms with E-state index in [1.165, 1.54) is 11.3 Å². The van der Waals surface area contributed by atoms with Gasteiger partial charge in [-0.1, -0.05) is 29.8 Å². The van der Waals surface area contributed by atoms with Gasteiger partial charge in [0.15, 0.2) is 0 Å². The Bertz CT molecular complexity index is 1430. The smallest absolute Gasteiger partial charge is 0.274 e. The number of halogens is 1. The number of aromatic nitrogens is 3. The molecule has 0 radical (unpaired) electrons. The van der Waals surface area contributed by atoms with Gasteiger partial charge in [-0.15, -0.1) is 11.3 Å². The average Bonchev–Trinajstić information content (AvgIpc) is 3.17. The molecule has 1 aromatic carbocycles. The predicted octanol–water partition coefficient (Wildman–Crippen LogP) is 4.31. The molecule has 0 bridgehead atoms. The number of thiazole rings is 1. The molecule has 0 spiro atoms. The van der Waals surface area contributed by atoms with Crippen LogP contribution in [-0.4, -0.2) is 50.4 Å². The highest BCUT2D eigenvalue weighted by atomic mass is 35.5. The lowest BCUT2D eigenvalue weighted by molar-refractivity contribution is 0.0690. The maximum atomic E-state index is 13.7. The lowest BCUT2D eigenvalue weighted by Gasteiger charge is -2.27. The van der Waals surface area contributed by atoms with Gasteiger partial charge >= 0.3 is 0 Å². The van der Waals surface area contributed by atoms with Crippen molar-refractivity contribution in [2.24, 2.45) is 11.8 Å². The number of carbonyl (C=O) groups is 2. The van der Waals surface area contributed by atoms with Gasteiger partial charge in [0.2, 0.25) is 0 Å². The predicted molar refractivity (Wildman–Crippen MR) is 131 cm³/mol. The minimum Gasteiger partial charge on any atom is -0.350 e. The van der Waals surface area contributed by atoms with Crippen LogP contribution in [0.2, 0.25) is 5.02 Å². The lowest BCUT2D eigenvalue weighted by Crippen LogP contribution is -2.45. The van der Waals surface area contributed by atoms with Crippen LogP contribution in [-0.2, 0) is 0 Å². The van der Waals surface area contributed by atoms with E-state index in [-0.39, 0.29) is 17.9 Å². The van der Waals surface area contributed by atoms with E-state index in [1.807, 2.05) is 60.5 Å². The molecule has 0 unspecified atom stereocenters. The average molecular weight is 492 g/mol. The topological polar surface area (TPSA) is 79.6 Å². The second-order valence-electron chi connectivity index (χ2n) is 8.90. The molecule has 34 heavy (non-hydrogen) atoms. The Balaban J connectivity index is 1.23. The minimum absolute atomic E-state index is 0.0440. The van der Waals surface area contributed by atoms with E-state index in [0.29, 0.717) is 41.2 Å². The molecule has 2 fully saturated rings. The molecule has 4 heterocycles. The number of hydrogen-bond acceptors (Lipinski definition) is 5. The van der Waals surface area contributed by atoms with E-state index in [9.17, 15) is 9.59 Å². The van der Waals surface area contributed by atoms with E-state index < -0.39 is 0 Å². The number of rotatable bonds is 5. The lowest BCUT2D eigenvalue weighted by atomic mass is 10.1. The Hall–Kier alpha value is -3.23. The van der Waals surface area contributed by atoms with Crippen molar-refractivity contribution >= 4 is 40.3 Å². The third-order valence-corrected chi connectivity index (χ3v) is 7.99. The van der Waals surface area contributed by atoms with E-state index in [2.05, 4.69) is 15.4 Å². The number of benzene rings is 1. The largest absolute Gasteiger partial charge is 0.350 e. The van der Waals surface area contributed by atoms with Crippen molar-refractivity contribution in [2.45, 2.75) is 19.4 Å². The highest BCUT2D eigenvalue weighted by molar-refractivity contribution is 7.15. The second kappa shape index (κ2) is 8.21. The summed E-state index contributed by atoms with van der Waals surface area (Å²) >= 11 is 7.70. The zero-order chi connectivity index (χ0) is 23.4. The van der Waals surface area contributed by atoms with Crippen molar-refractivity contribution in [2.75, 3.05) is 13.1 Å². The SMILES string of the molecule is Cc1nc(C(=O)N2C[C@@H]3C[C@@H]3[C@H]2CNC(=O)c2cnn3ccccc23)c(-c2cccc(Cl)c2)s1. The quantitative estimate of drug-likeness (QED) is 0.451. The van der Waals surface area contributed by atoms with Crippen LogP contribution in [0.5, 0.6) is 0 Å². The van der Waals surface area contributed by atoms with Crippen molar-refractivity contribution in [1.29, 1.82) is 0 Å². The summed E-state index contributed by atoms with van der Waals surface area (Å²) in [5.41, 5.74) is 2.64. The molecule has 6 rings (SSSR count). The number of nitrogens with one attached hydrogen (secondary N) is 1. The van der Waals surface area contributed by atoms with Gasteiger partial charge in [0.05, 0.1) is 33.2 Å². The number of piperidine rings is 1. The fourth-order valence-corrected chi connectivity index (χ4v) is 6.10.